The van der Waals surface area contributed by atoms with E-state index >= 15 is 0 Å². The Labute approximate surface area is 112 Å². The quantitative estimate of drug-likeness (QED) is 0.528. The summed E-state index contributed by atoms with van der Waals surface area (Å²) in [6.07, 6.45) is -8.28. The predicted molar refractivity (Wildman–Crippen MR) is 52.2 cm³/mol. The third-order valence-corrected chi connectivity index (χ3v) is 2.36. The number of carbonyl (C=O) groups excluding carboxylic acids is 1. The molecule has 0 atom stereocenters. The number of carboxylic acid groups (broad SMARTS) is 1. The number of benzene rings is 1. The molecule has 0 fully saturated rings. The van der Waals surface area contributed by atoms with Gasteiger partial charge in [-0.3, -0.25) is 9.59 Å². The van der Waals surface area contributed by atoms with E-state index in [-0.39, 0.29) is 0 Å². The van der Waals surface area contributed by atoms with E-state index in [0.29, 0.717) is 0 Å². The zero-order chi connectivity index (χ0) is 16.5. The Morgan fingerprint density at radius 2 is 1.33 bits per heavy atom. The van der Waals surface area contributed by atoms with E-state index in [1.807, 2.05) is 0 Å². The number of ketones is 1. The largest absolute Gasteiger partial charge is 0.481 e. The van der Waals surface area contributed by atoms with E-state index in [0.717, 1.165) is 0 Å². The van der Waals surface area contributed by atoms with Crippen molar-refractivity contribution >= 4 is 11.8 Å². The van der Waals surface area contributed by atoms with Gasteiger partial charge in [0.25, 0.3) is 0 Å². The molecule has 3 nitrogen and oxygen atoms in total. The minimum absolute atomic E-state index is 1.21. The highest BCUT2D eigenvalue weighted by atomic mass is 19.4. The highest BCUT2D eigenvalue weighted by Gasteiger charge is 2.42. The standard InChI is InChI=1S/C11H5F7O3/c12-7-4(1-3(19)2-5(20)21)8(13)10(15)6(9(7)14)11(16,17)18/h1-2H2,(H,20,21). The van der Waals surface area contributed by atoms with Gasteiger partial charge in [0.1, 0.15) is 17.8 Å². The zero-order valence-corrected chi connectivity index (χ0v) is 9.82. The maximum absolute atomic E-state index is 13.3. The third-order valence-electron chi connectivity index (χ3n) is 2.36. The molecule has 0 spiro atoms. The highest BCUT2D eigenvalue weighted by molar-refractivity contribution is 5.95. The van der Waals surface area contributed by atoms with Crippen LogP contribution in [0.5, 0.6) is 0 Å². The van der Waals surface area contributed by atoms with Gasteiger partial charge in [0.2, 0.25) is 0 Å². The summed E-state index contributed by atoms with van der Waals surface area (Å²) >= 11 is 0. The van der Waals surface area contributed by atoms with Gasteiger partial charge in [0.05, 0.1) is 0 Å². The van der Waals surface area contributed by atoms with Crippen molar-refractivity contribution in [3.63, 3.8) is 0 Å². The molecule has 0 aliphatic carbocycles. The van der Waals surface area contributed by atoms with Crippen molar-refractivity contribution in [2.45, 2.75) is 19.0 Å². The first-order valence-electron chi connectivity index (χ1n) is 5.12. The average Bonchev–Trinajstić information content (AvgIpc) is 2.29. The van der Waals surface area contributed by atoms with E-state index in [1.165, 1.54) is 0 Å². The molecule has 1 N–H and O–H groups in total. The van der Waals surface area contributed by atoms with Crippen molar-refractivity contribution in [2.75, 3.05) is 0 Å². The molecule has 0 saturated heterocycles. The van der Waals surface area contributed by atoms with Gasteiger partial charge in [-0.15, -0.1) is 0 Å². The summed E-state index contributed by atoms with van der Waals surface area (Å²) in [4.78, 5) is 21.2. The molecule has 10 heteroatoms. The number of hydrogen-bond donors (Lipinski definition) is 1. The average molecular weight is 318 g/mol. The monoisotopic (exact) mass is 318 g/mol. The van der Waals surface area contributed by atoms with Gasteiger partial charge in [0, 0.05) is 12.0 Å². The van der Waals surface area contributed by atoms with Crippen LogP contribution in [0.3, 0.4) is 0 Å². The van der Waals surface area contributed by atoms with Crippen LogP contribution in [-0.4, -0.2) is 16.9 Å². The Morgan fingerprint density at radius 3 is 1.67 bits per heavy atom. The van der Waals surface area contributed by atoms with Crippen molar-refractivity contribution in [3.8, 4) is 0 Å². The molecule has 1 aromatic carbocycles. The lowest BCUT2D eigenvalue weighted by molar-refractivity contribution is -0.143. The smallest absolute Gasteiger partial charge is 0.422 e. The molecule has 0 aromatic heterocycles. The topological polar surface area (TPSA) is 54.4 Å². The van der Waals surface area contributed by atoms with E-state index in [1.54, 1.807) is 0 Å². The van der Waals surface area contributed by atoms with Crippen LogP contribution < -0.4 is 0 Å². The number of aliphatic carboxylic acids is 1. The second-order valence-electron chi connectivity index (χ2n) is 3.89. The van der Waals surface area contributed by atoms with Crippen LogP contribution in [0, 0.1) is 23.3 Å². The molecular weight excluding hydrogens is 313 g/mol. The molecule has 1 rings (SSSR count). The maximum atomic E-state index is 13.3. The lowest BCUT2D eigenvalue weighted by Gasteiger charge is -2.13. The van der Waals surface area contributed by atoms with Crippen molar-refractivity contribution in [3.05, 3.63) is 34.4 Å². The fraction of sp³-hybridized carbons (Fsp3) is 0.273. The Morgan fingerprint density at radius 1 is 0.905 bits per heavy atom. The SMILES string of the molecule is O=C(O)CC(=O)Cc1c(F)c(F)c(C(F)(F)F)c(F)c1F. The Hall–Kier alpha value is -2.13. The third kappa shape index (κ3) is 3.50. The van der Waals surface area contributed by atoms with Crippen molar-refractivity contribution < 1.29 is 45.4 Å². The van der Waals surface area contributed by atoms with Crippen LogP contribution in [-0.2, 0) is 22.2 Å². The van der Waals surface area contributed by atoms with Crippen molar-refractivity contribution in [2.24, 2.45) is 0 Å². The van der Waals surface area contributed by atoms with Gasteiger partial charge in [0.15, 0.2) is 23.3 Å². The summed E-state index contributed by atoms with van der Waals surface area (Å²) in [6.45, 7) is 0. The summed E-state index contributed by atoms with van der Waals surface area (Å²) in [5.41, 5.74) is -4.35. The number of alkyl halides is 3. The normalized spacial score (nSPS) is 11.6. The zero-order valence-electron chi connectivity index (χ0n) is 9.82. The summed E-state index contributed by atoms with van der Waals surface area (Å²) in [6, 6.07) is 0. The maximum Gasteiger partial charge on any atom is 0.422 e. The molecule has 1 aromatic rings. The van der Waals surface area contributed by atoms with Crippen molar-refractivity contribution in [1.29, 1.82) is 0 Å². The Bertz CT molecular complexity index is 578. The van der Waals surface area contributed by atoms with Gasteiger partial charge in [-0.2, -0.15) is 13.2 Å². The molecule has 0 unspecified atom stereocenters. The number of Topliss-reactive ketones (excluding diaryl/α,β-unsaturated/α-hetero) is 1. The van der Waals surface area contributed by atoms with Crippen LogP contribution >= 0.6 is 0 Å². The molecule has 0 saturated carbocycles. The first kappa shape index (κ1) is 16.9. The summed E-state index contributed by atoms with van der Waals surface area (Å²) < 4.78 is 89.9. The molecule has 0 heterocycles. The molecule has 0 bridgehead atoms. The number of halogens is 7. The highest BCUT2D eigenvalue weighted by Crippen LogP contribution is 2.37. The number of hydrogen-bond acceptors (Lipinski definition) is 2. The van der Waals surface area contributed by atoms with Gasteiger partial charge in [-0.05, 0) is 0 Å². The van der Waals surface area contributed by atoms with Crippen LogP contribution in [0.1, 0.15) is 17.5 Å². The number of carboxylic acids is 1. The van der Waals surface area contributed by atoms with E-state index in [4.69, 9.17) is 5.11 Å². The lowest BCUT2D eigenvalue weighted by atomic mass is 10.0. The van der Waals surface area contributed by atoms with Gasteiger partial charge < -0.3 is 5.11 Å². The minimum Gasteiger partial charge on any atom is -0.481 e. The Kier molecular flexibility index (Phi) is 4.59. The van der Waals surface area contributed by atoms with Gasteiger partial charge in [-0.25, -0.2) is 17.6 Å². The fourth-order valence-electron chi connectivity index (χ4n) is 1.51. The van der Waals surface area contributed by atoms with E-state index in [2.05, 4.69) is 0 Å². The lowest BCUT2D eigenvalue weighted by Crippen LogP contribution is -2.19. The molecule has 21 heavy (non-hydrogen) atoms. The second kappa shape index (κ2) is 5.70. The molecule has 0 aliphatic heterocycles. The first-order valence-corrected chi connectivity index (χ1v) is 5.12. The second-order valence-corrected chi connectivity index (χ2v) is 3.89. The number of rotatable bonds is 4. The summed E-state index contributed by atoms with van der Waals surface area (Å²) in [5.74, 6) is -13.2. The van der Waals surface area contributed by atoms with Crippen molar-refractivity contribution in [1.82, 2.24) is 0 Å². The molecule has 0 radical (unpaired) electrons. The van der Waals surface area contributed by atoms with E-state index in [9.17, 15) is 40.3 Å². The van der Waals surface area contributed by atoms with Gasteiger partial charge in [-0.1, -0.05) is 0 Å². The predicted octanol–water partition coefficient (Wildman–Crippen LogP) is 2.85. The molecular formula is C11H5F7O3. The van der Waals surface area contributed by atoms with Crippen LogP contribution in [0.15, 0.2) is 0 Å². The van der Waals surface area contributed by atoms with Gasteiger partial charge >= 0.3 is 12.1 Å². The number of carbonyl (C=O) groups is 2. The molecule has 116 valence electrons. The summed E-state index contributed by atoms with van der Waals surface area (Å²) in [5, 5.41) is 8.26. The minimum atomic E-state index is -5.68. The van der Waals surface area contributed by atoms with E-state index < -0.39 is 65.2 Å². The fourth-order valence-corrected chi connectivity index (χ4v) is 1.51. The molecule has 0 amide bonds. The van der Waals surface area contributed by atoms with Crippen LogP contribution in [0.25, 0.3) is 0 Å². The first-order chi connectivity index (χ1) is 9.46. The van der Waals surface area contributed by atoms with Crippen LogP contribution in [0.4, 0.5) is 30.7 Å². The molecule has 0 aliphatic rings. The summed E-state index contributed by atoms with van der Waals surface area (Å²) in [7, 11) is 0. The Balaban J connectivity index is 3.38. The van der Waals surface area contributed by atoms with Crippen LogP contribution in [0.2, 0.25) is 0 Å².